The van der Waals surface area contributed by atoms with Crippen molar-refractivity contribution in [2.45, 2.75) is 135 Å². The molecule has 3 heteroatoms. The van der Waals surface area contributed by atoms with Crippen LogP contribution < -0.4 is 0 Å². The molecule has 0 atom stereocenters. The van der Waals surface area contributed by atoms with Crippen LogP contribution in [-0.2, 0) is 9.53 Å². The molecule has 0 aromatic heterocycles. The lowest BCUT2D eigenvalue weighted by atomic mass is 10.0. The Morgan fingerprint density at radius 3 is 1.26 bits per heavy atom. The minimum atomic E-state index is -0.0948. The molecule has 0 aliphatic heterocycles. The van der Waals surface area contributed by atoms with Crippen LogP contribution in [-0.4, -0.2) is 18.5 Å². The molecule has 0 rings (SSSR count). The van der Waals surface area contributed by atoms with Crippen molar-refractivity contribution < 1.29 is 9.53 Å². The van der Waals surface area contributed by atoms with E-state index in [2.05, 4.69) is 6.92 Å². The molecular weight excluding hydrogens is 356 g/mol. The number of esters is 1. The predicted molar refractivity (Wildman–Crippen MR) is 120 cm³/mol. The van der Waals surface area contributed by atoms with Crippen molar-refractivity contribution >= 4 is 17.6 Å². The van der Waals surface area contributed by atoms with Crippen LogP contribution in [0.4, 0.5) is 0 Å². The molecule has 0 saturated carbocycles. The Labute approximate surface area is 175 Å². The summed E-state index contributed by atoms with van der Waals surface area (Å²) in [5.74, 6) is 0.299. The zero-order valence-electron chi connectivity index (χ0n) is 18.3. The Balaban J connectivity index is 3.04. The van der Waals surface area contributed by atoms with E-state index < -0.39 is 0 Å². The lowest BCUT2D eigenvalue weighted by molar-refractivity contribution is -0.143. The lowest BCUT2D eigenvalue weighted by Crippen LogP contribution is -2.06. The van der Waals surface area contributed by atoms with Crippen LogP contribution in [0.3, 0.4) is 0 Å². The van der Waals surface area contributed by atoms with Crippen LogP contribution >= 0.6 is 11.6 Å². The normalized spacial score (nSPS) is 11.0. The summed E-state index contributed by atoms with van der Waals surface area (Å²) in [5, 5.41) is 0. The van der Waals surface area contributed by atoms with Gasteiger partial charge in [0.1, 0.15) is 6.61 Å². The van der Waals surface area contributed by atoms with Crippen molar-refractivity contribution in [2.75, 3.05) is 12.5 Å². The van der Waals surface area contributed by atoms with Gasteiger partial charge in [-0.3, -0.25) is 4.79 Å². The standard InChI is InChI=1S/C24H47ClO2/c1-2-3-4-5-6-7-8-9-10-11-12-13-14-15-16-17-18-19-20-21-24(26)27-23-22-25/h2-23H2,1H3. The summed E-state index contributed by atoms with van der Waals surface area (Å²) in [5.41, 5.74) is 0. The molecule has 0 fully saturated rings. The van der Waals surface area contributed by atoms with Crippen LogP contribution in [0.1, 0.15) is 135 Å². The first kappa shape index (κ1) is 26.8. The van der Waals surface area contributed by atoms with Gasteiger partial charge in [0.15, 0.2) is 0 Å². The third-order valence-electron chi connectivity index (χ3n) is 5.32. The number of alkyl halides is 1. The summed E-state index contributed by atoms with van der Waals surface area (Å²) in [6.45, 7) is 2.63. The van der Waals surface area contributed by atoms with Gasteiger partial charge in [-0.25, -0.2) is 0 Å². The van der Waals surface area contributed by atoms with Crippen molar-refractivity contribution in [3.05, 3.63) is 0 Å². The van der Waals surface area contributed by atoms with E-state index in [0.717, 1.165) is 12.8 Å². The SMILES string of the molecule is CCCCCCCCCCCCCCCCCCCCCC(=O)OCCCl. The molecule has 0 heterocycles. The number of carbonyl (C=O) groups excluding carboxylic acids is 1. The molecule has 27 heavy (non-hydrogen) atoms. The zero-order valence-corrected chi connectivity index (χ0v) is 19.0. The van der Waals surface area contributed by atoms with Gasteiger partial charge >= 0.3 is 5.97 Å². The van der Waals surface area contributed by atoms with E-state index in [1.165, 1.54) is 109 Å². The van der Waals surface area contributed by atoms with E-state index in [4.69, 9.17) is 16.3 Å². The monoisotopic (exact) mass is 402 g/mol. The number of rotatable bonds is 22. The maximum Gasteiger partial charge on any atom is 0.305 e. The van der Waals surface area contributed by atoms with Crippen molar-refractivity contribution in [3.8, 4) is 0 Å². The largest absolute Gasteiger partial charge is 0.464 e. The first-order valence-electron chi connectivity index (χ1n) is 12.0. The second kappa shape index (κ2) is 23.8. The molecular formula is C24H47ClO2. The summed E-state index contributed by atoms with van der Waals surface area (Å²) in [6, 6.07) is 0. The molecule has 0 aliphatic rings. The second-order valence-electron chi connectivity index (χ2n) is 8.02. The highest BCUT2D eigenvalue weighted by Gasteiger charge is 2.01. The Hall–Kier alpha value is -0.240. The van der Waals surface area contributed by atoms with Crippen LogP contribution in [0.25, 0.3) is 0 Å². The number of carbonyl (C=O) groups is 1. The van der Waals surface area contributed by atoms with E-state index >= 15 is 0 Å². The number of halogens is 1. The van der Waals surface area contributed by atoms with E-state index in [1.807, 2.05) is 0 Å². The van der Waals surface area contributed by atoms with Gasteiger partial charge in [-0.2, -0.15) is 0 Å². The zero-order chi connectivity index (χ0) is 19.8. The number of ether oxygens (including phenoxy) is 1. The summed E-state index contributed by atoms with van der Waals surface area (Å²) in [6.07, 6.45) is 26.6. The highest BCUT2D eigenvalue weighted by Crippen LogP contribution is 2.14. The molecule has 0 unspecified atom stereocenters. The van der Waals surface area contributed by atoms with Crippen molar-refractivity contribution in [3.63, 3.8) is 0 Å². The highest BCUT2D eigenvalue weighted by atomic mass is 35.5. The second-order valence-corrected chi connectivity index (χ2v) is 8.40. The van der Waals surface area contributed by atoms with Gasteiger partial charge in [0, 0.05) is 6.42 Å². The van der Waals surface area contributed by atoms with Crippen LogP contribution in [0.2, 0.25) is 0 Å². The number of hydrogen-bond acceptors (Lipinski definition) is 2. The maximum absolute atomic E-state index is 11.3. The van der Waals surface area contributed by atoms with Gasteiger partial charge in [-0.15, -0.1) is 11.6 Å². The third-order valence-corrected chi connectivity index (χ3v) is 5.48. The summed E-state index contributed by atoms with van der Waals surface area (Å²) in [4.78, 5) is 11.3. The first-order chi connectivity index (χ1) is 13.3. The van der Waals surface area contributed by atoms with E-state index in [-0.39, 0.29) is 5.97 Å². The molecule has 162 valence electrons. The summed E-state index contributed by atoms with van der Waals surface area (Å²) < 4.78 is 4.96. The highest BCUT2D eigenvalue weighted by molar-refractivity contribution is 6.18. The molecule has 2 nitrogen and oxygen atoms in total. The third kappa shape index (κ3) is 23.7. The van der Waals surface area contributed by atoms with E-state index in [1.54, 1.807) is 0 Å². The first-order valence-corrected chi connectivity index (χ1v) is 12.6. The Morgan fingerprint density at radius 1 is 0.593 bits per heavy atom. The maximum atomic E-state index is 11.3. The average Bonchev–Trinajstić information content (AvgIpc) is 2.68. The molecule has 0 aromatic rings. The Morgan fingerprint density at radius 2 is 0.926 bits per heavy atom. The van der Waals surface area contributed by atoms with E-state index in [0.29, 0.717) is 18.9 Å². The van der Waals surface area contributed by atoms with Crippen LogP contribution in [0.15, 0.2) is 0 Å². The molecule has 0 N–H and O–H groups in total. The van der Waals surface area contributed by atoms with Crippen LogP contribution in [0, 0.1) is 0 Å². The van der Waals surface area contributed by atoms with Gasteiger partial charge in [-0.05, 0) is 6.42 Å². The van der Waals surface area contributed by atoms with Crippen LogP contribution in [0.5, 0.6) is 0 Å². The van der Waals surface area contributed by atoms with Gasteiger partial charge in [-0.1, -0.05) is 122 Å². The average molecular weight is 403 g/mol. The summed E-state index contributed by atoms with van der Waals surface area (Å²) in [7, 11) is 0. The quantitative estimate of drug-likeness (QED) is 0.103. The molecule has 0 aromatic carbocycles. The fourth-order valence-electron chi connectivity index (χ4n) is 3.57. The van der Waals surface area contributed by atoms with Gasteiger partial charge < -0.3 is 4.74 Å². The minimum absolute atomic E-state index is 0.0948. The number of hydrogen-bond donors (Lipinski definition) is 0. The smallest absolute Gasteiger partial charge is 0.305 e. The molecule has 0 bridgehead atoms. The van der Waals surface area contributed by atoms with Crippen molar-refractivity contribution in [1.82, 2.24) is 0 Å². The van der Waals surface area contributed by atoms with Crippen molar-refractivity contribution in [1.29, 1.82) is 0 Å². The lowest BCUT2D eigenvalue weighted by Gasteiger charge is -2.04. The molecule has 0 saturated heterocycles. The number of unbranched alkanes of at least 4 members (excludes halogenated alkanes) is 18. The molecule has 0 amide bonds. The van der Waals surface area contributed by atoms with E-state index in [9.17, 15) is 4.79 Å². The minimum Gasteiger partial charge on any atom is -0.464 e. The Kier molecular flexibility index (Phi) is 23.6. The molecule has 0 spiro atoms. The Bertz CT molecular complexity index is 294. The summed E-state index contributed by atoms with van der Waals surface area (Å²) >= 11 is 5.48. The van der Waals surface area contributed by atoms with Gasteiger partial charge in [0.2, 0.25) is 0 Å². The molecule has 0 radical (unpaired) electrons. The van der Waals surface area contributed by atoms with Crippen molar-refractivity contribution in [2.24, 2.45) is 0 Å². The molecule has 0 aliphatic carbocycles. The fraction of sp³-hybridized carbons (Fsp3) is 0.958. The fourth-order valence-corrected chi connectivity index (χ4v) is 3.65. The topological polar surface area (TPSA) is 26.3 Å². The van der Waals surface area contributed by atoms with Gasteiger partial charge in [0.25, 0.3) is 0 Å². The predicted octanol–water partition coefficient (Wildman–Crippen LogP) is 8.59. The van der Waals surface area contributed by atoms with Gasteiger partial charge in [0.05, 0.1) is 5.88 Å².